The molecule has 0 spiro atoms. The first-order valence-electron chi connectivity index (χ1n) is 11.1. The first-order chi connectivity index (χ1) is 16.3. The summed E-state index contributed by atoms with van der Waals surface area (Å²) in [6, 6.07) is 13.5. The Hall–Kier alpha value is -3.11. The Kier molecular flexibility index (Phi) is 7.08. The topological polar surface area (TPSA) is 117 Å². The number of nitrogens with zero attached hydrogens (tertiary/aromatic N) is 4. The summed E-state index contributed by atoms with van der Waals surface area (Å²) >= 11 is 0. The smallest absolute Gasteiger partial charge is 0.268 e. The summed E-state index contributed by atoms with van der Waals surface area (Å²) < 4.78 is 27.2. The maximum Gasteiger partial charge on any atom is 0.268 e. The van der Waals surface area contributed by atoms with Gasteiger partial charge in [0.1, 0.15) is 5.69 Å². The lowest BCUT2D eigenvalue weighted by Crippen LogP contribution is -2.12. The van der Waals surface area contributed by atoms with Crippen LogP contribution >= 0.6 is 10.6 Å². The molecule has 0 aliphatic carbocycles. The van der Waals surface area contributed by atoms with Crippen LogP contribution in [0.4, 0.5) is 0 Å². The van der Waals surface area contributed by atoms with Gasteiger partial charge in [0.2, 0.25) is 5.89 Å². The fraction of sp³-hybridized carbons (Fsp3) is 0.280. The van der Waals surface area contributed by atoms with Gasteiger partial charge in [0.25, 0.3) is 5.89 Å². The van der Waals surface area contributed by atoms with Crippen molar-refractivity contribution in [1.82, 2.24) is 25.5 Å². The molecule has 0 radical (unpaired) electrons. The molecule has 8 nitrogen and oxygen atoms in total. The SMILES string of the molecule is CCc1cc(-c2cncc(-c3nnc(-c4ccc(CNC)cc4)o3)n2)ccc1S(O)(O)C(C)C. The lowest BCUT2D eigenvalue weighted by atomic mass is 10.1. The number of aromatic nitrogens is 4. The summed E-state index contributed by atoms with van der Waals surface area (Å²) in [5, 5.41) is 11.2. The van der Waals surface area contributed by atoms with Gasteiger partial charge in [-0.05, 0) is 62.7 Å². The molecule has 0 aliphatic rings. The van der Waals surface area contributed by atoms with Crippen molar-refractivity contribution in [3.8, 4) is 34.3 Å². The predicted molar refractivity (Wildman–Crippen MR) is 135 cm³/mol. The van der Waals surface area contributed by atoms with Crippen molar-refractivity contribution in [2.45, 2.75) is 43.9 Å². The highest BCUT2D eigenvalue weighted by molar-refractivity contribution is 8.24. The molecule has 2 heterocycles. The number of hydrogen-bond acceptors (Lipinski definition) is 8. The van der Waals surface area contributed by atoms with Crippen molar-refractivity contribution >= 4 is 10.6 Å². The fourth-order valence-corrected chi connectivity index (χ4v) is 4.95. The first kappa shape index (κ1) is 24.0. The van der Waals surface area contributed by atoms with Crippen molar-refractivity contribution in [2.75, 3.05) is 7.05 Å². The minimum Gasteiger partial charge on any atom is -0.415 e. The highest BCUT2D eigenvalue weighted by atomic mass is 32.3. The van der Waals surface area contributed by atoms with Crippen molar-refractivity contribution in [3.63, 3.8) is 0 Å². The van der Waals surface area contributed by atoms with Crippen LogP contribution in [-0.4, -0.2) is 41.6 Å². The second-order valence-corrected chi connectivity index (χ2v) is 10.8. The van der Waals surface area contributed by atoms with Crippen LogP contribution in [0.1, 0.15) is 31.9 Å². The molecular formula is C25H29N5O3S. The molecule has 34 heavy (non-hydrogen) atoms. The monoisotopic (exact) mass is 479 g/mol. The number of rotatable bonds is 8. The molecule has 0 unspecified atom stereocenters. The highest BCUT2D eigenvalue weighted by Gasteiger charge is 2.23. The van der Waals surface area contributed by atoms with E-state index in [4.69, 9.17) is 4.42 Å². The van der Waals surface area contributed by atoms with Crippen molar-refractivity contribution in [2.24, 2.45) is 0 Å². The summed E-state index contributed by atoms with van der Waals surface area (Å²) in [7, 11) is -0.966. The van der Waals surface area contributed by atoms with E-state index in [9.17, 15) is 9.11 Å². The maximum atomic E-state index is 10.6. The molecule has 2 aromatic heterocycles. The molecule has 0 atom stereocenters. The van der Waals surface area contributed by atoms with Gasteiger partial charge in [-0.2, -0.15) is 10.6 Å². The van der Waals surface area contributed by atoms with E-state index in [1.807, 2.05) is 64.2 Å². The lowest BCUT2D eigenvalue weighted by Gasteiger charge is -2.38. The van der Waals surface area contributed by atoms with Crippen LogP contribution in [0.3, 0.4) is 0 Å². The van der Waals surface area contributed by atoms with E-state index < -0.39 is 10.6 Å². The molecule has 0 saturated carbocycles. The van der Waals surface area contributed by atoms with E-state index in [0.29, 0.717) is 28.6 Å². The average Bonchev–Trinajstić information content (AvgIpc) is 3.35. The Morgan fingerprint density at radius 3 is 2.29 bits per heavy atom. The van der Waals surface area contributed by atoms with E-state index in [2.05, 4.69) is 25.5 Å². The van der Waals surface area contributed by atoms with Gasteiger partial charge >= 0.3 is 0 Å². The summed E-state index contributed by atoms with van der Waals surface area (Å²) in [6.07, 6.45) is 3.91. The average molecular weight is 480 g/mol. The Bertz CT molecular complexity index is 1270. The van der Waals surface area contributed by atoms with Crippen LogP contribution in [0.15, 0.2) is 64.2 Å². The summed E-state index contributed by atoms with van der Waals surface area (Å²) in [4.78, 5) is 9.57. The number of nitrogens with one attached hydrogen (secondary N) is 1. The Labute approximate surface area is 200 Å². The van der Waals surface area contributed by atoms with Gasteiger partial charge in [0, 0.05) is 22.9 Å². The molecule has 3 N–H and O–H groups in total. The molecule has 9 heteroatoms. The zero-order valence-electron chi connectivity index (χ0n) is 19.7. The van der Waals surface area contributed by atoms with Gasteiger partial charge < -0.3 is 9.73 Å². The van der Waals surface area contributed by atoms with Crippen LogP contribution in [0, 0.1) is 0 Å². The third-order valence-electron chi connectivity index (χ3n) is 5.58. The lowest BCUT2D eigenvalue weighted by molar-refractivity contribution is 0.475. The van der Waals surface area contributed by atoms with Crippen molar-refractivity contribution in [1.29, 1.82) is 0 Å². The van der Waals surface area contributed by atoms with Crippen molar-refractivity contribution in [3.05, 3.63) is 66.0 Å². The van der Waals surface area contributed by atoms with Crippen LogP contribution in [-0.2, 0) is 13.0 Å². The standard InChI is InChI=1S/C25H29N5O3S/c1-5-18-12-20(10-11-23(18)34(31,32)16(2)3)21-14-27-15-22(28-21)25-30-29-24(33-25)19-8-6-17(7-9-19)13-26-4/h6-12,14-16,26,31-32H,5,13H2,1-4H3. The second-order valence-electron chi connectivity index (χ2n) is 8.25. The number of benzene rings is 2. The summed E-state index contributed by atoms with van der Waals surface area (Å²) in [5.41, 5.74) is 4.80. The van der Waals surface area contributed by atoms with Crippen LogP contribution in [0.2, 0.25) is 0 Å². The molecule has 2 aromatic carbocycles. The van der Waals surface area contributed by atoms with Gasteiger partial charge in [-0.3, -0.25) is 14.1 Å². The van der Waals surface area contributed by atoms with Crippen LogP contribution in [0.25, 0.3) is 34.3 Å². The molecule has 4 rings (SSSR count). The summed E-state index contributed by atoms with van der Waals surface area (Å²) in [5.74, 6) is 0.694. The van der Waals surface area contributed by atoms with E-state index in [1.54, 1.807) is 18.5 Å². The molecule has 0 amide bonds. The number of hydrogen-bond donors (Lipinski definition) is 3. The maximum absolute atomic E-state index is 10.6. The quantitative estimate of drug-likeness (QED) is 0.296. The van der Waals surface area contributed by atoms with E-state index in [0.717, 1.165) is 28.8 Å². The Morgan fingerprint density at radius 2 is 1.62 bits per heavy atom. The third-order valence-corrected chi connectivity index (χ3v) is 7.94. The van der Waals surface area contributed by atoms with E-state index in [-0.39, 0.29) is 11.1 Å². The molecule has 0 bridgehead atoms. The van der Waals surface area contributed by atoms with Gasteiger partial charge in [0.05, 0.1) is 23.0 Å². The highest BCUT2D eigenvalue weighted by Crippen LogP contribution is 2.54. The molecular weight excluding hydrogens is 450 g/mol. The van der Waals surface area contributed by atoms with Gasteiger partial charge in [0.15, 0.2) is 0 Å². The van der Waals surface area contributed by atoms with Gasteiger partial charge in [-0.15, -0.1) is 10.2 Å². The first-order valence-corrected chi connectivity index (χ1v) is 12.7. The van der Waals surface area contributed by atoms with E-state index >= 15 is 0 Å². The normalized spacial score (nSPS) is 12.3. The molecule has 0 aliphatic heterocycles. The van der Waals surface area contributed by atoms with Gasteiger partial charge in [-0.1, -0.05) is 25.1 Å². The fourth-order valence-electron chi connectivity index (χ4n) is 3.58. The molecule has 0 fully saturated rings. The molecule has 178 valence electrons. The molecule has 4 aromatic rings. The van der Waals surface area contributed by atoms with Crippen LogP contribution < -0.4 is 5.32 Å². The predicted octanol–water partition coefficient (Wildman–Crippen LogP) is 5.66. The largest absolute Gasteiger partial charge is 0.415 e. The molecule has 0 saturated heterocycles. The van der Waals surface area contributed by atoms with Crippen LogP contribution in [0.5, 0.6) is 0 Å². The minimum absolute atomic E-state index is 0.266. The van der Waals surface area contributed by atoms with Crippen molar-refractivity contribution < 1.29 is 13.5 Å². The second kappa shape index (κ2) is 10.0. The minimum atomic E-state index is -2.87. The Morgan fingerprint density at radius 1 is 0.941 bits per heavy atom. The third kappa shape index (κ3) is 4.88. The zero-order valence-corrected chi connectivity index (χ0v) is 20.5. The summed E-state index contributed by atoms with van der Waals surface area (Å²) in [6.45, 7) is 6.40. The van der Waals surface area contributed by atoms with E-state index in [1.165, 1.54) is 0 Å². The zero-order chi connectivity index (χ0) is 24.3. The Balaban J connectivity index is 1.63. The number of aryl methyl sites for hydroxylation is 1. The van der Waals surface area contributed by atoms with Gasteiger partial charge in [-0.25, -0.2) is 4.98 Å².